The molecule has 0 unspecified atom stereocenters. The second-order valence-electron chi connectivity index (χ2n) is 0.267. The molecule has 0 spiro atoms. The van der Waals surface area contributed by atoms with Crippen molar-refractivity contribution in [1.29, 1.82) is 0 Å². The Balaban J connectivity index is 0. The largest absolute Gasteiger partial charge is 0.465 e. The molecule has 4 heavy (non-hydrogen) atoms. The Kier molecular flexibility index (Phi) is 20.1. The van der Waals surface area contributed by atoms with Gasteiger partial charge in [0.1, 0.15) is 0 Å². The number of rotatable bonds is 0. The lowest BCUT2D eigenvalue weighted by Crippen LogP contribution is -1.43. The van der Waals surface area contributed by atoms with Crippen molar-refractivity contribution in [2.45, 2.75) is 5.05 Å². The molecule has 0 aromatic heterocycles. The number of hydrogen-bond donors (Lipinski definition) is 0. The molecule has 0 aromatic rings. The van der Waals surface area contributed by atoms with E-state index in [4.69, 9.17) is 0 Å². The van der Waals surface area contributed by atoms with Gasteiger partial charge in [-0.25, -0.2) is 0 Å². The van der Waals surface area contributed by atoms with Crippen molar-refractivity contribution in [2.24, 2.45) is 0 Å². The van der Waals surface area contributed by atoms with Crippen LogP contribution in [0.2, 0.25) is 5.05 Å². The normalized spacial score (nSPS) is 2.50. The maximum absolute atomic E-state index is 3.28. The average molecular weight is 156 g/mol. The molecular weight excluding hydrogens is 152 g/mol. The topological polar surface area (TPSA) is 0 Å². The monoisotopic (exact) mass is 154 g/mol. The van der Waals surface area contributed by atoms with Crippen molar-refractivity contribution in [3.8, 4) is 0 Å². The molecule has 0 amide bonds. The maximum Gasteiger partial charge on any atom is 0.465 e. The number of hydrogen-bond acceptors (Lipinski definition) is 0. The fourth-order valence-corrected chi connectivity index (χ4v) is 0. The van der Waals surface area contributed by atoms with Crippen LogP contribution in [0.5, 0.6) is 0 Å². The zero-order valence-electron chi connectivity index (χ0n) is 2.49. The van der Waals surface area contributed by atoms with Gasteiger partial charge in [0.25, 0.3) is 0 Å². The lowest BCUT2D eigenvalue weighted by Gasteiger charge is -1.34. The van der Waals surface area contributed by atoms with Crippen molar-refractivity contribution in [2.75, 3.05) is 0 Å². The van der Waals surface area contributed by atoms with Crippen LogP contribution in [0.15, 0.2) is 0 Å². The van der Waals surface area contributed by atoms with Crippen molar-refractivity contribution in [3.05, 3.63) is 0 Å². The fraction of sp³-hybridized carbons (Fsp3) is 1.00. The van der Waals surface area contributed by atoms with Gasteiger partial charge in [0, 0.05) is 0 Å². The molecule has 0 nitrogen and oxygen atoms in total. The van der Waals surface area contributed by atoms with Gasteiger partial charge in [-0.3, -0.25) is 0 Å². The second kappa shape index (κ2) is 8.82. The van der Waals surface area contributed by atoms with Gasteiger partial charge in [0.05, 0.1) is 0 Å². The van der Waals surface area contributed by atoms with Crippen molar-refractivity contribution < 1.29 is 0 Å². The zero-order chi connectivity index (χ0) is 2.71. The summed E-state index contributed by atoms with van der Waals surface area (Å²) in [6, 6.07) is 0. The highest BCUT2D eigenvalue weighted by atomic mass is 79.9. The van der Waals surface area contributed by atoms with E-state index >= 15 is 0 Å². The first kappa shape index (κ1) is 9.11. The molecule has 0 heterocycles. The molecule has 24 valence electrons. The van der Waals surface area contributed by atoms with Crippen molar-refractivity contribution in [3.63, 3.8) is 0 Å². The van der Waals surface area contributed by atoms with E-state index in [1.54, 1.807) is 0 Å². The first-order chi connectivity index (χ1) is 1.41. The molecule has 0 saturated carbocycles. The molecule has 0 bridgehead atoms. The predicted molar refractivity (Wildman–Crippen MR) is 27.8 cm³/mol. The summed E-state index contributed by atoms with van der Waals surface area (Å²) in [5.41, 5.74) is 0. The van der Waals surface area contributed by atoms with E-state index in [2.05, 4.69) is 17.9 Å². The smallest absolute Gasteiger partial charge is 0.307 e. The van der Waals surface area contributed by atoms with Gasteiger partial charge in [0.2, 0.25) is 0 Å². The molecule has 0 atom stereocenters. The van der Waals surface area contributed by atoms with E-state index in [1.165, 1.54) is 0 Å². The van der Waals surface area contributed by atoms with Crippen LogP contribution < -0.4 is 0 Å². The highest BCUT2D eigenvalue weighted by Gasteiger charge is 1.58. The van der Waals surface area contributed by atoms with Crippen LogP contribution >= 0.6 is 25.3 Å². The lowest BCUT2D eigenvalue weighted by molar-refractivity contribution is 2.38. The van der Waals surface area contributed by atoms with Crippen LogP contribution in [0.1, 0.15) is 0 Å². The summed E-state index contributed by atoms with van der Waals surface area (Å²) in [5, 5.41) is 2.18. The van der Waals surface area contributed by atoms with Gasteiger partial charge < -0.3 is 12.9 Å². The Labute approximate surface area is 48.3 Å². The first-order valence-electron chi connectivity index (χ1n) is 0.974. The minimum atomic E-state index is 0. The third-order valence-electron chi connectivity index (χ3n) is 0. The first-order valence-corrected chi connectivity index (χ1v) is 6.29. The molecular formula is CH4BrClMg. The molecule has 3 heteroatoms. The summed E-state index contributed by atoms with van der Waals surface area (Å²) in [7, 11) is 0. The summed E-state index contributed by atoms with van der Waals surface area (Å²) < 4.78 is 0. The Morgan fingerprint density at radius 1 is 1.75 bits per heavy atom. The Morgan fingerprint density at radius 3 is 1.75 bits per heavy atom. The number of halogens is 2. The lowest BCUT2D eigenvalue weighted by atomic mass is 11.9. The average Bonchev–Trinajstić information content (AvgIpc) is 0.918. The van der Waals surface area contributed by atoms with Crippen LogP contribution in [0.3, 0.4) is 0 Å². The fourth-order valence-electron chi connectivity index (χ4n) is 0. The predicted octanol–water partition coefficient (Wildman–Crippen LogP) is 1.47. The van der Waals surface area contributed by atoms with Crippen LogP contribution in [0.25, 0.3) is 0 Å². The summed E-state index contributed by atoms with van der Waals surface area (Å²) in [5.74, 6) is 0. The summed E-state index contributed by atoms with van der Waals surface area (Å²) in [4.78, 5) is 0. The van der Waals surface area contributed by atoms with E-state index in [0.29, 0.717) is 0 Å². The van der Waals surface area contributed by atoms with Gasteiger partial charge in [0.15, 0.2) is 0 Å². The summed E-state index contributed by atoms with van der Waals surface area (Å²) >= 11 is 3.51. The highest BCUT2D eigenvalue weighted by Crippen LogP contribution is 1.62. The molecule has 0 aliphatic rings. The third kappa shape index (κ3) is 9.64. The molecule has 0 saturated heterocycles. The van der Waals surface area contributed by atoms with Crippen LogP contribution in [0, 0.1) is 0 Å². The van der Waals surface area contributed by atoms with E-state index in [0.717, 1.165) is 0 Å². The SMILES string of the molecule is Cl.[CH3][Mg][Br]. The second-order valence-corrected chi connectivity index (χ2v) is 4.17. The minimum Gasteiger partial charge on any atom is -0.307 e. The quantitative estimate of drug-likeness (QED) is 0.465. The van der Waals surface area contributed by atoms with Gasteiger partial charge in [-0.1, -0.05) is 0 Å². The van der Waals surface area contributed by atoms with E-state index in [-0.39, 0.29) is 30.6 Å². The van der Waals surface area contributed by atoms with Crippen LogP contribution in [0.4, 0.5) is 0 Å². The van der Waals surface area contributed by atoms with E-state index < -0.39 is 0 Å². The van der Waals surface area contributed by atoms with Crippen molar-refractivity contribution in [1.82, 2.24) is 0 Å². The molecule has 0 aliphatic carbocycles. The Morgan fingerprint density at radius 2 is 1.75 bits per heavy atom. The van der Waals surface area contributed by atoms with E-state index in [9.17, 15) is 0 Å². The molecule has 0 aliphatic heterocycles. The molecule has 0 aromatic carbocycles. The zero-order valence-corrected chi connectivity index (χ0v) is 6.31. The molecule has 0 radical (unpaired) electrons. The van der Waals surface area contributed by atoms with Crippen LogP contribution in [-0.2, 0) is 0 Å². The standard InChI is InChI=1S/CH3.BrH.ClH.Mg/h1H3;2*1H;/q;;;+1/p-1. The van der Waals surface area contributed by atoms with Gasteiger partial charge in [-0.2, -0.15) is 0 Å². The molecule has 0 N–H and O–H groups in total. The molecule has 0 rings (SSSR count). The van der Waals surface area contributed by atoms with Gasteiger partial charge in [-0.05, 0) is 0 Å². The Hall–Kier alpha value is 1.54. The Bertz CT molecular complexity index is 8.00. The summed E-state index contributed by atoms with van der Waals surface area (Å²) in [6.45, 7) is 0. The minimum absolute atomic E-state index is 0. The highest BCUT2D eigenvalue weighted by molar-refractivity contribution is 9.23. The van der Waals surface area contributed by atoms with E-state index in [1.807, 2.05) is 0 Å². The molecule has 0 fully saturated rings. The van der Waals surface area contributed by atoms with Crippen LogP contribution in [-0.4, -0.2) is 18.2 Å². The van der Waals surface area contributed by atoms with Gasteiger partial charge >= 0.3 is 18.2 Å². The maximum atomic E-state index is 3.28. The van der Waals surface area contributed by atoms with Gasteiger partial charge in [-0.15, -0.1) is 17.5 Å². The van der Waals surface area contributed by atoms with Crippen molar-refractivity contribution >= 4 is 43.5 Å². The summed E-state index contributed by atoms with van der Waals surface area (Å²) in [6.07, 6.45) is 0. The third-order valence-corrected chi connectivity index (χ3v) is 0.